The third-order valence-corrected chi connectivity index (χ3v) is 3.02. The molecule has 1 aliphatic rings. The van der Waals surface area contributed by atoms with Crippen molar-refractivity contribution in [1.29, 1.82) is 0 Å². The lowest BCUT2D eigenvalue weighted by atomic mass is 9.81. The predicted octanol–water partition coefficient (Wildman–Crippen LogP) is 0.129. The second kappa shape index (κ2) is 6.19. The number of primary amides is 2. The fraction of sp³-hybridized carbons (Fsp3) is 0.800. The Morgan fingerprint density at radius 1 is 1.00 bits per heavy atom. The SMILES string of the molecule is NC(=O)NC[C@H]1CCC[C@H](CNC(N)=O)C1. The first-order chi connectivity index (χ1) is 7.58. The van der Waals surface area contributed by atoms with Gasteiger partial charge in [0.1, 0.15) is 0 Å². The highest BCUT2D eigenvalue weighted by atomic mass is 16.2. The zero-order valence-electron chi connectivity index (χ0n) is 9.37. The molecule has 0 aromatic rings. The third-order valence-electron chi connectivity index (χ3n) is 3.02. The standard InChI is InChI=1S/C10H20N4O2/c11-9(15)13-5-7-2-1-3-8(4-7)6-14-10(12)16/h7-8H,1-6H2,(H3,11,13,15)(H3,12,14,16)/t7-,8-/m0/s1. The molecule has 6 heteroatoms. The summed E-state index contributed by atoms with van der Waals surface area (Å²) in [4.78, 5) is 21.2. The van der Waals surface area contributed by atoms with E-state index in [9.17, 15) is 9.59 Å². The highest BCUT2D eigenvalue weighted by Gasteiger charge is 2.22. The smallest absolute Gasteiger partial charge is 0.312 e. The number of nitrogens with two attached hydrogens (primary N) is 2. The molecule has 4 amide bonds. The van der Waals surface area contributed by atoms with Gasteiger partial charge in [-0.2, -0.15) is 0 Å². The topological polar surface area (TPSA) is 110 Å². The molecule has 0 bridgehead atoms. The largest absolute Gasteiger partial charge is 0.352 e. The van der Waals surface area contributed by atoms with Gasteiger partial charge in [0.25, 0.3) is 0 Å². The summed E-state index contributed by atoms with van der Waals surface area (Å²) in [5.74, 6) is 0.918. The maximum Gasteiger partial charge on any atom is 0.312 e. The van der Waals surface area contributed by atoms with E-state index in [0.717, 1.165) is 25.7 Å². The third kappa shape index (κ3) is 4.86. The van der Waals surface area contributed by atoms with Gasteiger partial charge < -0.3 is 22.1 Å². The Morgan fingerprint density at radius 2 is 1.44 bits per heavy atom. The lowest BCUT2D eigenvalue weighted by molar-refractivity contribution is 0.228. The number of carbonyl (C=O) groups excluding carboxylic acids is 2. The highest BCUT2D eigenvalue weighted by molar-refractivity contribution is 5.71. The van der Waals surface area contributed by atoms with E-state index < -0.39 is 12.1 Å². The van der Waals surface area contributed by atoms with Crippen LogP contribution in [0.1, 0.15) is 25.7 Å². The van der Waals surface area contributed by atoms with Gasteiger partial charge in [0.05, 0.1) is 0 Å². The molecular formula is C10H20N4O2. The van der Waals surface area contributed by atoms with E-state index in [1.807, 2.05) is 0 Å². The molecule has 0 aromatic carbocycles. The second-order valence-corrected chi connectivity index (χ2v) is 4.39. The van der Waals surface area contributed by atoms with Crippen molar-refractivity contribution in [2.45, 2.75) is 25.7 Å². The Labute approximate surface area is 95.1 Å². The normalized spacial score (nSPS) is 24.8. The molecule has 6 N–H and O–H groups in total. The first kappa shape index (κ1) is 12.6. The monoisotopic (exact) mass is 228 g/mol. The Morgan fingerprint density at radius 3 is 1.81 bits per heavy atom. The highest BCUT2D eigenvalue weighted by Crippen LogP contribution is 2.28. The number of amides is 4. The van der Waals surface area contributed by atoms with E-state index >= 15 is 0 Å². The van der Waals surface area contributed by atoms with Crippen molar-refractivity contribution in [1.82, 2.24) is 10.6 Å². The average Bonchev–Trinajstić information content (AvgIpc) is 2.24. The van der Waals surface area contributed by atoms with Gasteiger partial charge in [-0.05, 0) is 31.1 Å². The maximum absolute atomic E-state index is 10.6. The lowest BCUT2D eigenvalue weighted by Gasteiger charge is -2.29. The summed E-state index contributed by atoms with van der Waals surface area (Å²) in [5, 5.41) is 5.25. The van der Waals surface area contributed by atoms with Gasteiger partial charge in [-0.25, -0.2) is 9.59 Å². The summed E-state index contributed by atoms with van der Waals surface area (Å²) in [6.45, 7) is 1.25. The van der Waals surface area contributed by atoms with Gasteiger partial charge in [0.2, 0.25) is 0 Å². The number of rotatable bonds is 4. The average molecular weight is 228 g/mol. The van der Waals surface area contributed by atoms with Crippen molar-refractivity contribution in [3.63, 3.8) is 0 Å². The van der Waals surface area contributed by atoms with Gasteiger partial charge in [0, 0.05) is 13.1 Å². The van der Waals surface area contributed by atoms with Crippen LogP contribution in [0, 0.1) is 11.8 Å². The minimum atomic E-state index is -0.475. The van der Waals surface area contributed by atoms with Crippen LogP contribution in [0.25, 0.3) is 0 Å². The van der Waals surface area contributed by atoms with Crippen molar-refractivity contribution < 1.29 is 9.59 Å². The Balaban J connectivity index is 2.24. The van der Waals surface area contributed by atoms with Crippen LogP contribution in [-0.2, 0) is 0 Å². The summed E-state index contributed by atoms with van der Waals surface area (Å²) in [6.07, 6.45) is 4.33. The molecule has 0 aromatic heterocycles. The minimum Gasteiger partial charge on any atom is -0.352 e. The van der Waals surface area contributed by atoms with Crippen LogP contribution >= 0.6 is 0 Å². The van der Waals surface area contributed by atoms with E-state index in [-0.39, 0.29) is 0 Å². The lowest BCUT2D eigenvalue weighted by Crippen LogP contribution is -2.38. The van der Waals surface area contributed by atoms with Crippen LogP contribution in [0.3, 0.4) is 0 Å². The van der Waals surface area contributed by atoms with Crippen LogP contribution in [0.15, 0.2) is 0 Å². The molecule has 92 valence electrons. The van der Waals surface area contributed by atoms with Gasteiger partial charge in [0.15, 0.2) is 0 Å². The van der Waals surface area contributed by atoms with Gasteiger partial charge in [-0.3, -0.25) is 0 Å². The van der Waals surface area contributed by atoms with Crippen molar-refractivity contribution in [3.8, 4) is 0 Å². The molecule has 1 fully saturated rings. The van der Waals surface area contributed by atoms with E-state index in [4.69, 9.17) is 11.5 Å². The molecule has 0 aliphatic heterocycles. The van der Waals surface area contributed by atoms with Crippen LogP contribution in [0.2, 0.25) is 0 Å². The summed E-state index contributed by atoms with van der Waals surface area (Å²) < 4.78 is 0. The molecular weight excluding hydrogens is 208 g/mol. The molecule has 2 atom stereocenters. The van der Waals surface area contributed by atoms with Crippen molar-refractivity contribution >= 4 is 12.1 Å². The second-order valence-electron chi connectivity index (χ2n) is 4.39. The maximum atomic E-state index is 10.6. The molecule has 16 heavy (non-hydrogen) atoms. The minimum absolute atomic E-state index is 0.459. The molecule has 0 heterocycles. The molecule has 0 radical (unpaired) electrons. The van der Waals surface area contributed by atoms with E-state index in [1.54, 1.807) is 0 Å². The summed E-state index contributed by atoms with van der Waals surface area (Å²) in [5.41, 5.74) is 10.0. The molecule has 1 rings (SSSR count). The first-order valence-electron chi connectivity index (χ1n) is 5.64. The zero-order chi connectivity index (χ0) is 12.0. The van der Waals surface area contributed by atoms with E-state index in [1.165, 1.54) is 0 Å². The van der Waals surface area contributed by atoms with Gasteiger partial charge in [-0.15, -0.1) is 0 Å². The summed E-state index contributed by atoms with van der Waals surface area (Å²) in [6, 6.07) is -0.949. The number of urea groups is 2. The Kier molecular flexibility index (Phi) is 4.88. The quantitative estimate of drug-likeness (QED) is 0.548. The van der Waals surface area contributed by atoms with Crippen LogP contribution in [0.4, 0.5) is 9.59 Å². The zero-order valence-corrected chi connectivity index (χ0v) is 9.37. The van der Waals surface area contributed by atoms with Crippen molar-refractivity contribution in [2.75, 3.05) is 13.1 Å². The molecule has 1 aliphatic carbocycles. The van der Waals surface area contributed by atoms with Crippen LogP contribution in [0.5, 0.6) is 0 Å². The van der Waals surface area contributed by atoms with Crippen LogP contribution < -0.4 is 22.1 Å². The summed E-state index contributed by atoms with van der Waals surface area (Å²) in [7, 11) is 0. The summed E-state index contributed by atoms with van der Waals surface area (Å²) >= 11 is 0. The predicted molar refractivity (Wildman–Crippen MR) is 60.6 cm³/mol. The molecule has 1 saturated carbocycles. The fourth-order valence-electron chi connectivity index (χ4n) is 2.26. The van der Waals surface area contributed by atoms with Gasteiger partial charge in [-0.1, -0.05) is 6.42 Å². The molecule has 0 spiro atoms. The van der Waals surface area contributed by atoms with Crippen molar-refractivity contribution in [3.05, 3.63) is 0 Å². The van der Waals surface area contributed by atoms with E-state index in [0.29, 0.717) is 24.9 Å². The molecule has 6 nitrogen and oxygen atoms in total. The first-order valence-corrected chi connectivity index (χ1v) is 5.64. The van der Waals surface area contributed by atoms with E-state index in [2.05, 4.69) is 10.6 Å². The van der Waals surface area contributed by atoms with Crippen molar-refractivity contribution in [2.24, 2.45) is 23.3 Å². The number of hydrogen-bond donors (Lipinski definition) is 4. The number of carbonyl (C=O) groups is 2. The Hall–Kier alpha value is -1.46. The fourth-order valence-corrected chi connectivity index (χ4v) is 2.26. The molecule has 0 saturated heterocycles. The Bertz CT molecular complexity index is 233. The number of nitrogens with one attached hydrogen (secondary N) is 2. The molecule has 0 unspecified atom stereocenters. The number of hydrogen-bond acceptors (Lipinski definition) is 2. The van der Waals surface area contributed by atoms with Crippen LogP contribution in [-0.4, -0.2) is 25.2 Å². The van der Waals surface area contributed by atoms with Gasteiger partial charge >= 0.3 is 12.1 Å².